The maximum absolute atomic E-state index is 13.3. The molecule has 0 unspecified atom stereocenters. The van der Waals surface area contributed by atoms with Gasteiger partial charge in [-0.05, 0) is 49.6 Å². The predicted octanol–water partition coefficient (Wildman–Crippen LogP) is 3.64. The highest BCUT2D eigenvalue weighted by atomic mass is 32.2. The van der Waals surface area contributed by atoms with Crippen molar-refractivity contribution in [2.24, 2.45) is 0 Å². The van der Waals surface area contributed by atoms with E-state index in [0.717, 1.165) is 24.2 Å². The minimum atomic E-state index is -0.347. The topological polar surface area (TPSA) is 50.4 Å². The van der Waals surface area contributed by atoms with Gasteiger partial charge < -0.3 is 10.1 Å². The van der Waals surface area contributed by atoms with E-state index in [1.165, 1.54) is 22.6 Å². The van der Waals surface area contributed by atoms with Gasteiger partial charge >= 0.3 is 0 Å². The summed E-state index contributed by atoms with van der Waals surface area (Å²) in [5, 5.41) is 6.38. The lowest BCUT2D eigenvalue weighted by molar-refractivity contribution is -0.120. The fourth-order valence-electron chi connectivity index (χ4n) is 3.36. The lowest BCUT2D eigenvalue weighted by Crippen LogP contribution is -2.50. The number of amides is 1. The quantitative estimate of drug-likeness (QED) is 0.523. The van der Waals surface area contributed by atoms with Crippen molar-refractivity contribution in [1.82, 2.24) is 10.6 Å². The Bertz CT molecular complexity index is 759. The molecule has 1 heterocycles. The van der Waals surface area contributed by atoms with E-state index in [1.54, 1.807) is 23.9 Å². The average molecular weight is 403 g/mol. The third-order valence-electron chi connectivity index (χ3n) is 5.04. The summed E-state index contributed by atoms with van der Waals surface area (Å²) in [5.41, 5.74) is 1.90. The van der Waals surface area contributed by atoms with Crippen LogP contribution in [0.3, 0.4) is 0 Å². The van der Waals surface area contributed by atoms with E-state index >= 15 is 0 Å². The van der Waals surface area contributed by atoms with Crippen LogP contribution in [0.2, 0.25) is 0 Å². The van der Waals surface area contributed by atoms with Crippen LogP contribution in [0.15, 0.2) is 53.4 Å². The molecule has 1 saturated heterocycles. The van der Waals surface area contributed by atoms with E-state index < -0.39 is 0 Å². The van der Waals surface area contributed by atoms with Crippen LogP contribution in [0, 0.1) is 12.7 Å². The Balaban J connectivity index is 1.47. The van der Waals surface area contributed by atoms with Crippen LogP contribution in [0.5, 0.6) is 0 Å². The molecule has 1 fully saturated rings. The second kappa shape index (κ2) is 10.0. The molecule has 28 heavy (non-hydrogen) atoms. The number of halogens is 1. The van der Waals surface area contributed by atoms with Crippen molar-refractivity contribution in [2.45, 2.75) is 30.2 Å². The van der Waals surface area contributed by atoms with Gasteiger partial charge in [-0.2, -0.15) is 0 Å². The van der Waals surface area contributed by atoms with Gasteiger partial charge in [0.1, 0.15) is 5.82 Å². The fourth-order valence-corrected chi connectivity index (χ4v) is 4.13. The molecule has 0 atom stereocenters. The van der Waals surface area contributed by atoms with E-state index in [2.05, 4.69) is 41.8 Å². The number of rotatable bonds is 8. The van der Waals surface area contributed by atoms with Crippen LogP contribution in [0.25, 0.3) is 0 Å². The number of hydrogen-bond donors (Lipinski definition) is 2. The SMILES string of the molecule is Cc1ccc(SCCNC(=O)CNC2(c3ccc(F)cc3)CCOCC2)cc1. The Labute approximate surface area is 170 Å². The smallest absolute Gasteiger partial charge is 0.234 e. The molecule has 2 aromatic rings. The Morgan fingerprint density at radius 2 is 1.79 bits per heavy atom. The molecule has 0 saturated carbocycles. The van der Waals surface area contributed by atoms with Crippen LogP contribution in [-0.4, -0.2) is 38.0 Å². The molecule has 1 aliphatic rings. The number of benzene rings is 2. The molecule has 0 aliphatic carbocycles. The Morgan fingerprint density at radius 1 is 1.11 bits per heavy atom. The lowest BCUT2D eigenvalue weighted by Gasteiger charge is -2.38. The number of ether oxygens (including phenoxy) is 1. The Kier molecular flexibility index (Phi) is 7.48. The van der Waals surface area contributed by atoms with Crippen molar-refractivity contribution in [3.63, 3.8) is 0 Å². The molecule has 0 bridgehead atoms. The van der Waals surface area contributed by atoms with Crippen LogP contribution in [-0.2, 0) is 15.1 Å². The summed E-state index contributed by atoms with van der Waals surface area (Å²) in [5.74, 6) is 0.540. The van der Waals surface area contributed by atoms with Crippen LogP contribution in [0.4, 0.5) is 4.39 Å². The maximum atomic E-state index is 13.3. The third kappa shape index (κ3) is 5.80. The van der Waals surface area contributed by atoms with Crippen molar-refractivity contribution in [3.05, 3.63) is 65.5 Å². The summed E-state index contributed by atoms with van der Waals surface area (Å²) in [7, 11) is 0. The summed E-state index contributed by atoms with van der Waals surface area (Å²) in [6.07, 6.45) is 1.52. The number of thioether (sulfide) groups is 1. The summed E-state index contributed by atoms with van der Waals surface area (Å²) in [6.45, 7) is 4.16. The fraction of sp³-hybridized carbons (Fsp3) is 0.409. The Morgan fingerprint density at radius 3 is 2.46 bits per heavy atom. The van der Waals surface area contributed by atoms with Crippen molar-refractivity contribution in [2.75, 3.05) is 32.1 Å². The number of carbonyl (C=O) groups is 1. The van der Waals surface area contributed by atoms with Crippen LogP contribution in [0.1, 0.15) is 24.0 Å². The van der Waals surface area contributed by atoms with Crippen molar-refractivity contribution < 1.29 is 13.9 Å². The van der Waals surface area contributed by atoms with Gasteiger partial charge in [-0.25, -0.2) is 4.39 Å². The zero-order valence-corrected chi connectivity index (χ0v) is 17.0. The van der Waals surface area contributed by atoms with Gasteiger partial charge in [-0.3, -0.25) is 10.1 Å². The molecule has 1 amide bonds. The molecular formula is C22H27FN2O2S. The highest BCUT2D eigenvalue weighted by Crippen LogP contribution is 2.32. The maximum Gasteiger partial charge on any atom is 0.234 e. The molecule has 6 heteroatoms. The van der Waals surface area contributed by atoms with E-state index in [4.69, 9.17) is 4.74 Å². The molecule has 150 valence electrons. The highest BCUT2D eigenvalue weighted by Gasteiger charge is 2.34. The van der Waals surface area contributed by atoms with Crippen molar-refractivity contribution in [1.29, 1.82) is 0 Å². The second-order valence-electron chi connectivity index (χ2n) is 7.07. The van der Waals surface area contributed by atoms with E-state index in [0.29, 0.717) is 19.8 Å². The van der Waals surface area contributed by atoms with Gasteiger partial charge in [-0.15, -0.1) is 11.8 Å². The zero-order valence-electron chi connectivity index (χ0n) is 16.2. The molecule has 0 radical (unpaired) electrons. The summed E-state index contributed by atoms with van der Waals surface area (Å²) >= 11 is 1.73. The standard InChI is InChI=1S/C22H27FN2O2S/c1-17-2-8-20(9-3-17)28-15-12-24-21(26)16-25-22(10-13-27-14-11-22)18-4-6-19(23)7-5-18/h2-9,25H,10-16H2,1H3,(H,24,26). The van der Waals surface area contributed by atoms with E-state index in [1.807, 2.05) is 0 Å². The minimum Gasteiger partial charge on any atom is -0.381 e. The number of nitrogens with one attached hydrogen (secondary N) is 2. The average Bonchev–Trinajstić information content (AvgIpc) is 2.72. The molecule has 3 rings (SSSR count). The molecule has 0 spiro atoms. The van der Waals surface area contributed by atoms with Gasteiger partial charge in [0, 0.05) is 35.9 Å². The van der Waals surface area contributed by atoms with E-state index in [9.17, 15) is 9.18 Å². The highest BCUT2D eigenvalue weighted by molar-refractivity contribution is 7.99. The van der Waals surface area contributed by atoms with Gasteiger partial charge in [0.2, 0.25) is 5.91 Å². The molecular weight excluding hydrogens is 375 g/mol. The first-order valence-corrected chi connectivity index (χ1v) is 10.6. The lowest BCUT2D eigenvalue weighted by atomic mass is 9.82. The van der Waals surface area contributed by atoms with Crippen molar-refractivity contribution >= 4 is 17.7 Å². The molecule has 0 aromatic heterocycles. The number of carbonyl (C=O) groups excluding carboxylic acids is 1. The molecule has 2 N–H and O–H groups in total. The van der Waals surface area contributed by atoms with Gasteiger partial charge in [0.05, 0.1) is 6.54 Å². The normalized spacial score (nSPS) is 15.9. The monoisotopic (exact) mass is 402 g/mol. The number of hydrogen-bond acceptors (Lipinski definition) is 4. The summed E-state index contributed by atoms with van der Waals surface area (Å²) < 4.78 is 18.8. The molecule has 2 aromatic carbocycles. The van der Waals surface area contributed by atoms with E-state index in [-0.39, 0.29) is 23.8 Å². The predicted molar refractivity (Wildman–Crippen MR) is 111 cm³/mol. The van der Waals surface area contributed by atoms with Crippen LogP contribution >= 0.6 is 11.8 Å². The summed E-state index contributed by atoms with van der Waals surface area (Å²) in [6, 6.07) is 14.9. The first-order valence-electron chi connectivity index (χ1n) is 9.62. The first-order chi connectivity index (χ1) is 13.6. The Hall–Kier alpha value is -1.89. The minimum absolute atomic E-state index is 0.0301. The third-order valence-corrected chi connectivity index (χ3v) is 6.06. The van der Waals surface area contributed by atoms with Crippen molar-refractivity contribution in [3.8, 4) is 0 Å². The second-order valence-corrected chi connectivity index (χ2v) is 8.23. The molecule has 4 nitrogen and oxygen atoms in total. The van der Waals surface area contributed by atoms with Crippen LogP contribution < -0.4 is 10.6 Å². The van der Waals surface area contributed by atoms with Gasteiger partial charge in [0.15, 0.2) is 0 Å². The van der Waals surface area contributed by atoms with Gasteiger partial charge in [-0.1, -0.05) is 29.8 Å². The first kappa shape index (κ1) is 20.8. The van der Waals surface area contributed by atoms with Gasteiger partial charge in [0.25, 0.3) is 0 Å². The zero-order chi connectivity index (χ0) is 19.8. The largest absolute Gasteiger partial charge is 0.381 e. The summed E-state index contributed by atoms with van der Waals surface area (Å²) in [4.78, 5) is 13.5. The molecule has 1 aliphatic heterocycles. The number of aryl methyl sites for hydroxylation is 1.